The topological polar surface area (TPSA) is 103 Å². The Bertz CT molecular complexity index is 1480. The second kappa shape index (κ2) is 7.24. The van der Waals surface area contributed by atoms with Crippen LogP contribution < -0.4 is 5.73 Å². The van der Waals surface area contributed by atoms with Crippen LogP contribution in [0.15, 0.2) is 57.1 Å². The molecule has 2 N–H and O–H groups in total. The molecular weight excluding hydrogens is 438 g/mol. The molecule has 0 unspecified atom stereocenters. The first-order chi connectivity index (χ1) is 14.5. The van der Waals surface area contributed by atoms with Crippen LogP contribution in [-0.4, -0.2) is 28.2 Å². The lowest BCUT2D eigenvalue weighted by Crippen LogP contribution is -2.05. The molecule has 5 aromatic rings. The molecule has 0 fully saturated rings. The minimum atomic E-state index is -3.88. The van der Waals surface area contributed by atoms with Gasteiger partial charge in [0.1, 0.15) is 0 Å². The molecule has 4 aromatic heterocycles. The number of fused-ring (bicyclic) bond motifs is 3. The Morgan fingerprint density at radius 3 is 2.57 bits per heavy atom. The van der Waals surface area contributed by atoms with Crippen molar-refractivity contribution >= 4 is 48.4 Å². The zero-order valence-corrected chi connectivity index (χ0v) is 18.4. The zero-order chi connectivity index (χ0) is 20.9. The molecular formula is C20H17N5O2S3. The standard InChI is InChI=1S/C20H17N5O2S3/c1-2-12-3-5-13(6-4-12)30(26,27)20-19-22-17(14-7-9-28-16(14)11-21)18-15(8-10-29-18)25(19)24-23-20/h3-10H,2,11,21H2,1H3. The molecule has 0 amide bonds. The highest BCUT2D eigenvalue weighted by Gasteiger charge is 2.28. The van der Waals surface area contributed by atoms with Gasteiger partial charge in [-0.15, -0.1) is 27.8 Å². The molecule has 10 heteroatoms. The molecule has 0 aliphatic heterocycles. The molecule has 0 spiro atoms. The van der Waals surface area contributed by atoms with Gasteiger partial charge in [-0.25, -0.2) is 13.4 Å². The molecule has 5 rings (SSSR count). The first-order valence-electron chi connectivity index (χ1n) is 9.28. The van der Waals surface area contributed by atoms with Crippen molar-refractivity contribution in [1.82, 2.24) is 19.8 Å². The van der Waals surface area contributed by atoms with Crippen molar-refractivity contribution in [2.75, 3.05) is 0 Å². The highest BCUT2D eigenvalue weighted by molar-refractivity contribution is 7.91. The van der Waals surface area contributed by atoms with Gasteiger partial charge in [0, 0.05) is 17.0 Å². The van der Waals surface area contributed by atoms with Gasteiger partial charge in [-0.3, -0.25) is 0 Å². The molecule has 0 radical (unpaired) electrons. The normalized spacial score (nSPS) is 12.2. The van der Waals surface area contributed by atoms with E-state index in [0.717, 1.165) is 32.6 Å². The van der Waals surface area contributed by atoms with E-state index in [1.165, 1.54) is 15.9 Å². The Kier molecular flexibility index (Phi) is 4.66. The quantitative estimate of drug-likeness (QED) is 0.431. The van der Waals surface area contributed by atoms with Gasteiger partial charge in [-0.2, -0.15) is 4.52 Å². The van der Waals surface area contributed by atoms with Gasteiger partial charge in [-0.1, -0.05) is 24.3 Å². The summed E-state index contributed by atoms with van der Waals surface area (Å²) in [6.45, 7) is 2.41. The van der Waals surface area contributed by atoms with Crippen LogP contribution in [0.3, 0.4) is 0 Å². The Morgan fingerprint density at radius 2 is 1.83 bits per heavy atom. The maximum absolute atomic E-state index is 13.3. The van der Waals surface area contributed by atoms with Crippen molar-refractivity contribution in [2.24, 2.45) is 5.73 Å². The van der Waals surface area contributed by atoms with Crippen molar-refractivity contribution < 1.29 is 8.42 Å². The Balaban J connectivity index is 1.78. The lowest BCUT2D eigenvalue weighted by Gasteiger charge is -2.06. The van der Waals surface area contributed by atoms with Gasteiger partial charge in [0.2, 0.25) is 14.9 Å². The van der Waals surface area contributed by atoms with Gasteiger partial charge < -0.3 is 5.73 Å². The van der Waals surface area contributed by atoms with E-state index in [4.69, 9.17) is 10.7 Å². The average Bonchev–Trinajstić information content (AvgIpc) is 3.51. The van der Waals surface area contributed by atoms with E-state index in [9.17, 15) is 8.42 Å². The number of nitrogens with two attached hydrogens (primary N) is 1. The predicted molar refractivity (Wildman–Crippen MR) is 119 cm³/mol. The molecule has 0 bridgehead atoms. The summed E-state index contributed by atoms with van der Waals surface area (Å²) in [5.41, 5.74) is 9.56. The minimum absolute atomic E-state index is 0.148. The number of aromatic nitrogens is 4. The first-order valence-corrected chi connectivity index (χ1v) is 12.5. The van der Waals surface area contributed by atoms with Crippen LogP contribution in [0.2, 0.25) is 0 Å². The van der Waals surface area contributed by atoms with Crippen LogP contribution >= 0.6 is 22.7 Å². The molecule has 1 aromatic carbocycles. The monoisotopic (exact) mass is 455 g/mol. The highest BCUT2D eigenvalue weighted by Crippen LogP contribution is 2.36. The number of sulfone groups is 1. The maximum Gasteiger partial charge on any atom is 0.229 e. The molecule has 0 saturated heterocycles. The third kappa shape index (κ3) is 2.87. The third-order valence-corrected chi connectivity index (χ3v) is 8.52. The second-order valence-corrected chi connectivity index (χ2v) is 10.5. The number of aryl methyl sites for hydroxylation is 1. The molecule has 0 atom stereocenters. The lowest BCUT2D eigenvalue weighted by atomic mass is 10.1. The number of rotatable bonds is 5. The summed E-state index contributed by atoms with van der Waals surface area (Å²) in [5.74, 6) is 0. The van der Waals surface area contributed by atoms with E-state index in [2.05, 4.69) is 10.3 Å². The Labute approximate surface area is 180 Å². The van der Waals surface area contributed by atoms with Crippen LogP contribution in [0.4, 0.5) is 0 Å². The number of hydrogen-bond acceptors (Lipinski definition) is 8. The van der Waals surface area contributed by atoms with Gasteiger partial charge in [0.05, 0.1) is 20.8 Å². The van der Waals surface area contributed by atoms with Crippen molar-refractivity contribution in [2.45, 2.75) is 29.8 Å². The predicted octanol–water partition coefficient (Wildman–Crippen LogP) is 3.92. The Morgan fingerprint density at radius 1 is 1.07 bits per heavy atom. The molecule has 0 saturated carbocycles. The summed E-state index contributed by atoms with van der Waals surface area (Å²) in [7, 11) is -3.88. The van der Waals surface area contributed by atoms with Gasteiger partial charge >= 0.3 is 0 Å². The summed E-state index contributed by atoms with van der Waals surface area (Å²) < 4.78 is 29.1. The van der Waals surface area contributed by atoms with Gasteiger partial charge in [-0.05, 0) is 47.0 Å². The van der Waals surface area contributed by atoms with Crippen LogP contribution in [0.5, 0.6) is 0 Å². The summed E-state index contributed by atoms with van der Waals surface area (Å²) >= 11 is 3.08. The van der Waals surface area contributed by atoms with Crippen LogP contribution in [-0.2, 0) is 22.8 Å². The van der Waals surface area contributed by atoms with Crippen molar-refractivity contribution in [3.63, 3.8) is 0 Å². The molecule has 7 nitrogen and oxygen atoms in total. The average molecular weight is 456 g/mol. The van der Waals surface area contributed by atoms with Crippen LogP contribution in [0, 0.1) is 0 Å². The Hall–Kier alpha value is -2.66. The fourth-order valence-corrected chi connectivity index (χ4v) is 6.27. The van der Waals surface area contributed by atoms with E-state index < -0.39 is 9.84 Å². The number of benzene rings is 1. The van der Waals surface area contributed by atoms with Crippen LogP contribution in [0.1, 0.15) is 17.4 Å². The van der Waals surface area contributed by atoms with Crippen molar-refractivity contribution in [1.29, 1.82) is 0 Å². The maximum atomic E-state index is 13.3. The van der Waals surface area contributed by atoms with E-state index >= 15 is 0 Å². The fraction of sp³-hybridized carbons (Fsp3) is 0.150. The molecule has 152 valence electrons. The number of thiophene rings is 2. The third-order valence-electron chi connectivity index (χ3n) is 5.00. The van der Waals surface area contributed by atoms with E-state index in [1.54, 1.807) is 23.5 Å². The SMILES string of the molecule is CCc1ccc(S(=O)(=O)c2nnn3c2nc(-c2ccsc2CN)c2sccc23)cc1. The second-order valence-electron chi connectivity index (χ2n) is 6.69. The number of hydrogen-bond donors (Lipinski definition) is 1. The van der Waals surface area contributed by atoms with Crippen molar-refractivity contribution in [3.8, 4) is 11.3 Å². The first kappa shape index (κ1) is 19.3. The smallest absolute Gasteiger partial charge is 0.229 e. The minimum Gasteiger partial charge on any atom is -0.326 e. The van der Waals surface area contributed by atoms with E-state index in [1.807, 2.05) is 41.9 Å². The van der Waals surface area contributed by atoms with Gasteiger partial charge in [0.15, 0.2) is 5.65 Å². The number of nitrogens with zero attached hydrogens (tertiary/aromatic N) is 4. The zero-order valence-electron chi connectivity index (χ0n) is 15.9. The molecule has 30 heavy (non-hydrogen) atoms. The van der Waals surface area contributed by atoms with Crippen LogP contribution in [0.25, 0.3) is 27.1 Å². The molecule has 0 aliphatic carbocycles. The summed E-state index contributed by atoms with van der Waals surface area (Å²) in [5, 5.41) is 11.9. The fourth-order valence-electron chi connectivity index (χ4n) is 3.41. The summed E-state index contributed by atoms with van der Waals surface area (Å²) in [4.78, 5) is 5.90. The highest BCUT2D eigenvalue weighted by atomic mass is 32.2. The van der Waals surface area contributed by atoms with Gasteiger partial charge in [0.25, 0.3) is 0 Å². The largest absolute Gasteiger partial charge is 0.326 e. The van der Waals surface area contributed by atoms with Crippen molar-refractivity contribution in [3.05, 3.63) is 57.6 Å². The molecule has 4 heterocycles. The summed E-state index contributed by atoms with van der Waals surface area (Å²) in [6.07, 6.45) is 0.834. The van der Waals surface area contributed by atoms with E-state index in [-0.39, 0.29) is 15.6 Å². The lowest BCUT2D eigenvalue weighted by molar-refractivity contribution is 0.592. The van der Waals surface area contributed by atoms with E-state index in [0.29, 0.717) is 12.2 Å². The molecule has 0 aliphatic rings. The summed E-state index contributed by atoms with van der Waals surface area (Å²) in [6, 6.07) is 10.7.